The van der Waals surface area contributed by atoms with Gasteiger partial charge in [0.05, 0.1) is 18.3 Å². The van der Waals surface area contributed by atoms with Crippen LogP contribution < -0.4 is 5.32 Å². The van der Waals surface area contributed by atoms with Crippen molar-refractivity contribution in [1.82, 2.24) is 5.32 Å². The van der Waals surface area contributed by atoms with Gasteiger partial charge < -0.3 is 15.2 Å². The molecule has 20 heavy (non-hydrogen) atoms. The van der Waals surface area contributed by atoms with Gasteiger partial charge in [0.15, 0.2) is 0 Å². The molecule has 0 aliphatic heterocycles. The Balaban J connectivity index is 2.41. The number of aliphatic hydroxyl groups is 1. The van der Waals surface area contributed by atoms with Crippen molar-refractivity contribution in [3.8, 4) is 0 Å². The molecule has 0 saturated carbocycles. The van der Waals surface area contributed by atoms with Crippen molar-refractivity contribution in [1.29, 1.82) is 0 Å². The third-order valence-corrected chi connectivity index (χ3v) is 3.32. The smallest absolute Gasteiger partial charge is 0.252 e. The summed E-state index contributed by atoms with van der Waals surface area (Å²) in [5.74, 6) is 0.225. The van der Waals surface area contributed by atoms with Gasteiger partial charge in [0.25, 0.3) is 5.91 Å². The zero-order chi connectivity index (χ0) is 15.1. The highest BCUT2D eigenvalue weighted by atomic mass is 79.9. The first kappa shape index (κ1) is 17.1. The molecule has 0 aliphatic carbocycles. The van der Waals surface area contributed by atoms with E-state index in [1.807, 2.05) is 32.9 Å². The van der Waals surface area contributed by atoms with Gasteiger partial charge >= 0.3 is 0 Å². The number of carbonyl (C=O) groups excluding carboxylic acids is 1. The second kappa shape index (κ2) is 8.39. The summed E-state index contributed by atoms with van der Waals surface area (Å²) in [4.78, 5) is 12.0. The number of carbonyl (C=O) groups is 1. The number of aliphatic hydroxyl groups excluding tert-OH is 1. The molecule has 1 aromatic rings. The Hall–Kier alpha value is -0.910. The molecule has 0 heterocycles. The number of rotatable bonds is 7. The molecule has 112 valence electrons. The van der Waals surface area contributed by atoms with Crippen molar-refractivity contribution in [2.45, 2.75) is 26.9 Å². The number of aryl methyl sites for hydroxylation is 1. The summed E-state index contributed by atoms with van der Waals surface area (Å²) >= 11 is 3.35. The van der Waals surface area contributed by atoms with Crippen molar-refractivity contribution in [2.75, 3.05) is 19.8 Å². The highest BCUT2D eigenvalue weighted by Crippen LogP contribution is 2.17. The van der Waals surface area contributed by atoms with Gasteiger partial charge in [-0.25, -0.2) is 0 Å². The molecule has 5 heteroatoms. The second-order valence-corrected chi connectivity index (χ2v) is 6.13. The van der Waals surface area contributed by atoms with E-state index in [0.29, 0.717) is 18.1 Å². The molecule has 2 N–H and O–H groups in total. The molecule has 0 radical (unpaired) electrons. The summed E-state index contributed by atoms with van der Waals surface area (Å²) in [6.45, 7) is 7.03. The minimum absolute atomic E-state index is 0.178. The van der Waals surface area contributed by atoms with E-state index in [9.17, 15) is 9.90 Å². The molecule has 4 nitrogen and oxygen atoms in total. The van der Waals surface area contributed by atoms with Crippen LogP contribution in [0.1, 0.15) is 29.8 Å². The third kappa shape index (κ3) is 6.03. The molecular formula is C15H22BrNO3. The van der Waals surface area contributed by atoms with E-state index in [-0.39, 0.29) is 19.1 Å². The molecule has 0 aromatic heterocycles. The summed E-state index contributed by atoms with van der Waals surface area (Å²) in [5.41, 5.74) is 1.58. The topological polar surface area (TPSA) is 58.6 Å². The first-order chi connectivity index (χ1) is 9.40. The molecule has 1 unspecified atom stereocenters. The molecule has 1 rings (SSSR count). The maximum Gasteiger partial charge on any atom is 0.252 e. The summed E-state index contributed by atoms with van der Waals surface area (Å²) in [5, 5.41) is 12.4. The highest BCUT2D eigenvalue weighted by molar-refractivity contribution is 9.10. The number of halogens is 1. The Bertz CT molecular complexity index is 449. The zero-order valence-electron chi connectivity index (χ0n) is 12.1. The fraction of sp³-hybridized carbons (Fsp3) is 0.533. The third-order valence-electron chi connectivity index (χ3n) is 2.63. The lowest BCUT2D eigenvalue weighted by Gasteiger charge is -2.14. The summed E-state index contributed by atoms with van der Waals surface area (Å²) in [6.07, 6.45) is -0.693. The van der Waals surface area contributed by atoms with E-state index in [2.05, 4.69) is 21.2 Å². The van der Waals surface area contributed by atoms with Crippen LogP contribution in [0.3, 0.4) is 0 Å². The second-order valence-electron chi connectivity index (χ2n) is 5.28. The summed E-state index contributed by atoms with van der Waals surface area (Å²) in [7, 11) is 0. The van der Waals surface area contributed by atoms with Gasteiger partial charge in [0.2, 0.25) is 0 Å². The predicted octanol–water partition coefficient (Wildman–Crippen LogP) is 2.52. The monoisotopic (exact) mass is 343 g/mol. The Kier molecular flexibility index (Phi) is 7.19. The Labute approximate surface area is 128 Å². The van der Waals surface area contributed by atoms with Crippen molar-refractivity contribution >= 4 is 21.8 Å². The van der Waals surface area contributed by atoms with Gasteiger partial charge in [-0.05, 0) is 40.9 Å². The lowest BCUT2D eigenvalue weighted by Crippen LogP contribution is -2.35. The summed E-state index contributed by atoms with van der Waals surface area (Å²) in [6, 6.07) is 5.57. The highest BCUT2D eigenvalue weighted by Gasteiger charge is 2.12. The number of hydrogen-bond acceptors (Lipinski definition) is 3. The van der Waals surface area contributed by atoms with Gasteiger partial charge in [0, 0.05) is 17.6 Å². The number of nitrogens with one attached hydrogen (secondary N) is 1. The number of benzene rings is 1. The van der Waals surface area contributed by atoms with Crippen LogP contribution in [0.5, 0.6) is 0 Å². The van der Waals surface area contributed by atoms with E-state index in [4.69, 9.17) is 4.74 Å². The van der Waals surface area contributed by atoms with Crippen LogP contribution in [0.15, 0.2) is 22.7 Å². The normalized spacial score (nSPS) is 12.5. The molecule has 1 atom stereocenters. The quantitative estimate of drug-likeness (QED) is 0.799. The number of amides is 1. The van der Waals surface area contributed by atoms with Crippen molar-refractivity contribution in [3.63, 3.8) is 0 Å². The van der Waals surface area contributed by atoms with Gasteiger partial charge in [-0.15, -0.1) is 0 Å². The van der Waals surface area contributed by atoms with Crippen molar-refractivity contribution < 1.29 is 14.6 Å². The Morgan fingerprint density at radius 1 is 1.40 bits per heavy atom. The fourth-order valence-electron chi connectivity index (χ4n) is 1.62. The van der Waals surface area contributed by atoms with Gasteiger partial charge in [-0.2, -0.15) is 0 Å². The lowest BCUT2D eigenvalue weighted by molar-refractivity contribution is 0.0259. The zero-order valence-corrected chi connectivity index (χ0v) is 13.7. The first-order valence-corrected chi connectivity index (χ1v) is 7.49. The number of hydrogen-bond donors (Lipinski definition) is 2. The lowest BCUT2D eigenvalue weighted by atomic mass is 10.1. The Morgan fingerprint density at radius 2 is 2.10 bits per heavy atom. The van der Waals surface area contributed by atoms with Crippen LogP contribution in [0.2, 0.25) is 0 Å². The summed E-state index contributed by atoms with van der Waals surface area (Å²) < 4.78 is 6.07. The minimum Gasteiger partial charge on any atom is -0.389 e. The fourth-order valence-corrected chi connectivity index (χ4v) is 2.04. The largest absolute Gasteiger partial charge is 0.389 e. The molecule has 1 amide bonds. The van der Waals surface area contributed by atoms with Gasteiger partial charge in [0.1, 0.15) is 0 Å². The van der Waals surface area contributed by atoms with E-state index >= 15 is 0 Å². The molecule has 1 aromatic carbocycles. The van der Waals surface area contributed by atoms with Crippen LogP contribution in [0, 0.1) is 12.8 Å². The SMILES string of the molecule is Cc1ccc(Br)c(C(=O)NCC(O)COCC(C)C)c1. The molecule has 0 spiro atoms. The van der Waals surface area contributed by atoms with E-state index in [1.54, 1.807) is 6.07 Å². The molecule has 0 fully saturated rings. The molecule has 0 bridgehead atoms. The van der Waals surface area contributed by atoms with Crippen molar-refractivity contribution in [2.24, 2.45) is 5.92 Å². The maximum absolute atomic E-state index is 12.0. The molecular weight excluding hydrogens is 322 g/mol. The van der Waals surface area contributed by atoms with Crippen LogP contribution in [0.25, 0.3) is 0 Å². The van der Waals surface area contributed by atoms with Crippen LogP contribution in [0.4, 0.5) is 0 Å². The first-order valence-electron chi connectivity index (χ1n) is 6.70. The van der Waals surface area contributed by atoms with E-state index in [1.165, 1.54) is 0 Å². The standard InChI is InChI=1S/C15H22BrNO3/c1-10(2)8-20-9-12(18)7-17-15(19)13-6-11(3)4-5-14(13)16/h4-6,10,12,18H,7-9H2,1-3H3,(H,17,19). The van der Waals surface area contributed by atoms with Gasteiger partial charge in [-0.3, -0.25) is 4.79 Å². The average molecular weight is 344 g/mol. The van der Waals surface area contributed by atoms with Crippen molar-refractivity contribution in [3.05, 3.63) is 33.8 Å². The van der Waals surface area contributed by atoms with E-state index in [0.717, 1.165) is 10.0 Å². The van der Waals surface area contributed by atoms with Gasteiger partial charge in [-0.1, -0.05) is 25.5 Å². The van der Waals surface area contributed by atoms with E-state index < -0.39 is 6.10 Å². The maximum atomic E-state index is 12.0. The van der Waals surface area contributed by atoms with Crippen LogP contribution in [-0.4, -0.2) is 36.9 Å². The molecule has 0 aliphatic rings. The Morgan fingerprint density at radius 3 is 2.75 bits per heavy atom. The average Bonchev–Trinajstić information content (AvgIpc) is 2.38. The molecule has 0 saturated heterocycles. The minimum atomic E-state index is -0.693. The van der Waals surface area contributed by atoms with Crippen LogP contribution in [-0.2, 0) is 4.74 Å². The number of ether oxygens (including phenoxy) is 1. The predicted molar refractivity (Wildman–Crippen MR) is 82.9 cm³/mol. The van der Waals surface area contributed by atoms with Crippen LogP contribution >= 0.6 is 15.9 Å².